The molecular formula is C23H31ClF3N3O4S. The van der Waals surface area contributed by atoms with Gasteiger partial charge >= 0.3 is 12.3 Å². The maximum absolute atomic E-state index is 12.8. The Bertz CT molecular complexity index is 1030. The Morgan fingerprint density at radius 1 is 1.11 bits per heavy atom. The summed E-state index contributed by atoms with van der Waals surface area (Å²) in [6.45, 7) is 3.91. The minimum atomic E-state index is -4.58. The van der Waals surface area contributed by atoms with Crippen molar-refractivity contribution in [2.24, 2.45) is 0 Å². The third kappa shape index (κ3) is 5.99. The number of piperidine rings is 1. The monoisotopic (exact) mass is 537 g/mol. The highest BCUT2D eigenvalue weighted by molar-refractivity contribution is 7.91. The molecule has 0 aliphatic carbocycles. The zero-order chi connectivity index (χ0) is 25.4. The molecule has 1 aromatic carbocycles. The van der Waals surface area contributed by atoms with Crippen molar-refractivity contribution < 1.29 is 31.1 Å². The van der Waals surface area contributed by atoms with Gasteiger partial charge in [-0.1, -0.05) is 17.7 Å². The van der Waals surface area contributed by atoms with Crippen LogP contribution in [-0.2, 0) is 21.1 Å². The molecule has 0 N–H and O–H groups in total. The minimum absolute atomic E-state index is 0.117. The molecule has 0 radical (unpaired) electrons. The van der Waals surface area contributed by atoms with E-state index in [2.05, 4.69) is 14.5 Å². The summed E-state index contributed by atoms with van der Waals surface area (Å²) in [7, 11) is -3.01. The van der Waals surface area contributed by atoms with Gasteiger partial charge < -0.3 is 14.5 Å². The highest BCUT2D eigenvalue weighted by Crippen LogP contribution is 2.41. The van der Waals surface area contributed by atoms with Gasteiger partial charge in [-0.15, -0.1) is 0 Å². The molecule has 1 spiro atoms. The largest absolute Gasteiger partial charge is 0.437 e. The second kappa shape index (κ2) is 9.97. The third-order valence-corrected chi connectivity index (χ3v) is 9.37. The van der Waals surface area contributed by atoms with Crippen LogP contribution >= 0.6 is 11.6 Å². The maximum atomic E-state index is 12.8. The van der Waals surface area contributed by atoms with Crippen LogP contribution in [0, 0.1) is 0 Å². The van der Waals surface area contributed by atoms with Gasteiger partial charge in [-0.25, -0.2) is 13.2 Å². The number of carbonyl (C=O) groups excluding carboxylic acids is 1. The summed E-state index contributed by atoms with van der Waals surface area (Å²) in [5.41, 5.74) is 1.88. The van der Waals surface area contributed by atoms with Gasteiger partial charge in [0, 0.05) is 49.0 Å². The standard InChI is InChI=1S/C23H31ClF3N3O4S/c1-17(23(25,26)27)34-21(31)29-9-6-22(7-10-29)5-2-8-30(22)16-18-3-4-19(24)15-20(18)28-11-13-35(32,33)14-12-28/h3-4,15,17H,2,5-14,16H2,1H3. The number of ether oxygens (including phenoxy) is 1. The lowest BCUT2D eigenvalue weighted by Gasteiger charge is -2.45. The van der Waals surface area contributed by atoms with E-state index in [4.69, 9.17) is 11.6 Å². The number of amides is 1. The molecular weight excluding hydrogens is 507 g/mol. The molecule has 1 amide bonds. The predicted octanol–water partition coefficient (Wildman–Crippen LogP) is 4.09. The molecule has 4 rings (SSSR count). The Hall–Kier alpha value is -1.72. The van der Waals surface area contributed by atoms with Crippen molar-refractivity contribution in [3.05, 3.63) is 28.8 Å². The predicted molar refractivity (Wildman–Crippen MR) is 127 cm³/mol. The second-order valence-corrected chi connectivity index (χ2v) is 12.5. The molecule has 3 saturated heterocycles. The van der Waals surface area contributed by atoms with Crippen LogP contribution in [0.4, 0.5) is 23.7 Å². The summed E-state index contributed by atoms with van der Waals surface area (Å²) in [5.74, 6) is 0.233. The molecule has 35 heavy (non-hydrogen) atoms. The van der Waals surface area contributed by atoms with Gasteiger partial charge in [-0.3, -0.25) is 4.90 Å². The number of rotatable bonds is 4. The van der Waals surface area contributed by atoms with E-state index in [0.717, 1.165) is 37.6 Å². The smallest absolute Gasteiger partial charge is 0.425 e. The Morgan fingerprint density at radius 2 is 1.77 bits per heavy atom. The number of sulfone groups is 1. The molecule has 0 saturated carbocycles. The second-order valence-electron chi connectivity index (χ2n) is 9.72. The Balaban J connectivity index is 1.43. The van der Waals surface area contributed by atoms with Gasteiger partial charge in [0.05, 0.1) is 11.5 Å². The number of carbonyl (C=O) groups is 1. The van der Waals surface area contributed by atoms with Crippen LogP contribution in [0.1, 0.15) is 38.2 Å². The number of alkyl halides is 3. The van der Waals surface area contributed by atoms with Crippen molar-refractivity contribution in [1.29, 1.82) is 0 Å². The SMILES string of the molecule is CC(OC(=O)N1CCC2(CCCN2Cc2ccc(Cl)cc2N2CCS(=O)(=O)CC2)CC1)C(F)(F)F. The zero-order valence-electron chi connectivity index (χ0n) is 19.7. The van der Waals surface area contributed by atoms with Crippen molar-refractivity contribution in [3.63, 3.8) is 0 Å². The van der Waals surface area contributed by atoms with Crippen LogP contribution < -0.4 is 4.90 Å². The third-order valence-electron chi connectivity index (χ3n) is 7.53. The molecule has 0 bridgehead atoms. The minimum Gasteiger partial charge on any atom is -0.437 e. The molecule has 1 unspecified atom stereocenters. The van der Waals surface area contributed by atoms with Crippen molar-refractivity contribution >= 4 is 33.2 Å². The zero-order valence-corrected chi connectivity index (χ0v) is 21.3. The molecule has 196 valence electrons. The molecule has 3 fully saturated rings. The van der Waals surface area contributed by atoms with Gasteiger partial charge in [0.15, 0.2) is 15.9 Å². The van der Waals surface area contributed by atoms with Gasteiger partial charge in [0.2, 0.25) is 0 Å². The van der Waals surface area contributed by atoms with Crippen LogP contribution in [0.15, 0.2) is 18.2 Å². The lowest BCUT2D eigenvalue weighted by Crippen LogP contribution is -2.53. The van der Waals surface area contributed by atoms with Crippen molar-refractivity contribution in [3.8, 4) is 0 Å². The first-order valence-electron chi connectivity index (χ1n) is 11.9. The van der Waals surface area contributed by atoms with Gasteiger partial charge in [0.1, 0.15) is 0 Å². The Labute approximate surface area is 209 Å². The van der Waals surface area contributed by atoms with Crippen molar-refractivity contribution in [2.75, 3.05) is 49.1 Å². The maximum Gasteiger partial charge on any atom is 0.425 e. The lowest BCUT2D eigenvalue weighted by atomic mass is 9.84. The van der Waals surface area contributed by atoms with E-state index >= 15 is 0 Å². The average molecular weight is 538 g/mol. The normalized spacial score (nSPS) is 23.5. The van der Waals surface area contributed by atoms with Gasteiger partial charge in [-0.05, 0) is 56.8 Å². The van der Waals surface area contributed by atoms with E-state index in [1.54, 1.807) is 0 Å². The van der Waals surface area contributed by atoms with E-state index in [9.17, 15) is 26.4 Å². The molecule has 3 aliphatic rings. The number of nitrogens with zero attached hydrogens (tertiary/aromatic N) is 3. The van der Waals surface area contributed by atoms with Gasteiger partial charge in [-0.2, -0.15) is 13.2 Å². The molecule has 3 heterocycles. The summed E-state index contributed by atoms with van der Waals surface area (Å²) >= 11 is 6.28. The average Bonchev–Trinajstić information content (AvgIpc) is 3.16. The number of hydrogen-bond donors (Lipinski definition) is 0. The number of likely N-dealkylation sites (tertiary alicyclic amines) is 2. The summed E-state index contributed by atoms with van der Waals surface area (Å²) < 4.78 is 66.7. The highest BCUT2D eigenvalue weighted by Gasteiger charge is 2.45. The number of anilines is 1. The topological polar surface area (TPSA) is 70.2 Å². The Kier molecular flexibility index (Phi) is 7.51. The lowest BCUT2D eigenvalue weighted by molar-refractivity contribution is -0.200. The van der Waals surface area contributed by atoms with Crippen LogP contribution in [0.5, 0.6) is 0 Å². The molecule has 7 nitrogen and oxygen atoms in total. The summed E-state index contributed by atoms with van der Waals surface area (Å²) in [6, 6.07) is 5.71. The summed E-state index contributed by atoms with van der Waals surface area (Å²) in [4.78, 5) is 18.1. The van der Waals surface area contributed by atoms with E-state index in [1.165, 1.54) is 4.90 Å². The van der Waals surface area contributed by atoms with Crippen molar-refractivity contribution in [2.45, 2.75) is 57.0 Å². The number of hydrogen-bond acceptors (Lipinski definition) is 6. The fourth-order valence-electron chi connectivity index (χ4n) is 5.33. The first kappa shape index (κ1) is 26.3. The quantitative estimate of drug-likeness (QED) is 0.576. The van der Waals surface area contributed by atoms with E-state index in [-0.39, 0.29) is 17.0 Å². The van der Waals surface area contributed by atoms with Crippen LogP contribution in [-0.4, -0.2) is 86.4 Å². The van der Waals surface area contributed by atoms with E-state index in [0.29, 0.717) is 50.6 Å². The van der Waals surface area contributed by atoms with E-state index < -0.39 is 28.2 Å². The molecule has 0 aromatic heterocycles. The fourth-order valence-corrected chi connectivity index (χ4v) is 6.70. The van der Waals surface area contributed by atoms with Crippen LogP contribution in [0.3, 0.4) is 0 Å². The van der Waals surface area contributed by atoms with Crippen molar-refractivity contribution in [1.82, 2.24) is 9.80 Å². The highest BCUT2D eigenvalue weighted by atomic mass is 35.5. The molecule has 3 aliphatic heterocycles. The van der Waals surface area contributed by atoms with Crippen LogP contribution in [0.25, 0.3) is 0 Å². The number of halogens is 4. The molecule has 1 aromatic rings. The van der Waals surface area contributed by atoms with Gasteiger partial charge in [0.25, 0.3) is 0 Å². The summed E-state index contributed by atoms with van der Waals surface area (Å²) in [6.07, 6.45) is -4.36. The fraction of sp³-hybridized carbons (Fsp3) is 0.696. The first-order valence-corrected chi connectivity index (χ1v) is 14.1. The molecule has 1 atom stereocenters. The Morgan fingerprint density at radius 3 is 2.40 bits per heavy atom. The summed E-state index contributed by atoms with van der Waals surface area (Å²) in [5, 5.41) is 0.591. The molecule has 12 heteroatoms. The van der Waals surface area contributed by atoms with Crippen LogP contribution in [0.2, 0.25) is 5.02 Å². The van der Waals surface area contributed by atoms with E-state index in [1.807, 2.05) is 18.2 Å². The number of benzene rings is 1. The first-order chi connectivity index (χ1) is 16.4.